The lowest BCUT2D eigenvalue weighted by Gasteiger charge is -2.25. The van der Waals surface area contributed by atoms with E-state index in [0.717, 1.165) is 4.90 Å². The number of alkyl halides is 3. The highest BCUT2D eigenvalue weighted by Gasteiger charge is 2.30. The second kappa shape index (κ2) is 6.42. The smallest absolute Gasteiger partial charge is 0.395 e. The number of benzene rings is 1. The van der Waals surface area contributed by atoms with Gasteiger partial charge in [-0.2, -0.15) is 13.2 Å². The van der Waals surface area contributed by atoms with Crippen molar-refractivity contribution in [1.29, 1.82) is 0 Å². The molecule has 0 fully saturated rings. The van der Waals surface area contributed by atoms with Gasteiger partial charge in [-0.15, -0.1) is 0 Å². The molecule has 0 aromatic heterocycles. The van der Waals surface area contributed by atoms with Crippen molar-refractivity contribution in [3.05, 3.63) is 24.3 Å². The number of hydrogen-bond donors (Lipinski definition) is 2. The number of nitrogens with zero attached hydrogens (tertiary/aromatic N) is 1. The number of nitrogens with one attached hydrogen (secondary N) is 1. The van der Waals surface area contributed by atoms with Gasteiger partial charge in [0.15, 0.2) is 0 Å². The van der Waals surface area contributed by atoms with Gasteiger partial charge >= 0.3 is 6.18 Å². The third kappa shape index (κ3) is 4.66. The molecule has 20 heavy (non-hydrogen) atoms. The van der Waals surface area contributed by atoms with Gasteiger partial charge in [0, 0.05) is 12.2 Å². The van der Waals surface area contributed by atoms with Gasteiger partial charge in [0.25, 0.3) is 0 Å². The fraction of sp³-hybridized carbons (Fsp3) is 0.455. The van der Waals surface area contributed by atoms with Crippen LogP contribution in [0.3, 0.4) is 0 Å². The molecule has 0 amide bonds. The second-order valence-corrected chi connectivity index (χ2v) is 5.85. The van der Waals surface area contributed by atoms with E-state index < -0.39 is 29.4 Å². The average Bonchev–Trinajstić information content (AvgIpc) is 2.37. The molecule has 0 atom stereocenters. The number of anilines is 1. The second-order valence-electron chi connectivity index (χ2n) is 3.96. The summed E-state index contributed by atoms with van der Waals surface area (Å²) in [6, 6.07) is 4.96. The van der Waals surface area contributed by atoms with Crippen LogP contribution in [0, 0.1) is 0 Å². The van der Waals surface area contributed by atoms with Crippen molar-refractivity contribution in [3.8, 4) is 0 Å². The number of rotatable bonds is 6. The molecule has 1 aromatic carbocycles. The molecule has 0 aliphatic heterocycles. The Morgan fingerprint density at radius 1 is 1.25 bits per heavy atom. The maximum atomic E-state index is 12.4. The van der Waals surface area contributed by atoms with E-state index >= 15 is 0 Å². The van der Waals surface area contributed by atoms with Crippen LogP contribution in [0.4, 0.5) is 18.9 Å². The molecule has 0 radical (unpaired) electrons. The Hall–Kier alpha value is -1.32. The zero-order valence-electron chi connectivity index (χ0n) is 10.7. The Morgan fingerprint density at radius 2 is 1.80 bits per heavy atom. The Bertz CT molecular complexity index is 529. The summed E-state index contributed by atoms with van der Waals surface area (Å²) in [5.41, 5.74) is 0.187. The van der Waals surface area contributed by atoms with E-state index in [1.54, 1.807) is 0 Å². The van der Waals surface area contributed by atoms with E-state index in [0.29, 0.717) is 0 Å². The predicted molar refractivity (Wildman–Crippen MR) is 68.0 cm³/mol. The molecule has 114 valence electrons. The number of aliphatic hydroxyl groups excluding tert-OH is 1. The minimum absolute atomic E-state index is 0.0419. The van der Waals surface area contributed by atoms with Gasteiger partial charge in [-0.3, -0.25) is 0 Å². The fourth-order valence-electron chi connectivity index (χ4n) is 1.59. The predicted octanol–water partition coefficient (Wildman–Crippen LogP) is 0.956. The Morgan fingerprint density at radius 3 is 2.20 bits per heavy atom. The molecule has 0 heterocycles. The first-order valence-corrected chi connectivity index (χ1v) is 7.14. The molecule has 0 saturated heterocycles. The van der Waals surface area contributed by atoms with E-state index in [-0.39, 0.29) is 17.1 Å². The normalized spacial score (nSPS) is 12.4. The van der Waals surface area contributed by atoms with Crippen LogP contribution in [0.5, 0.6) is 0 Å². The summed E-state index contributed by atoms with van der Waals surface area (Å²) < 4.78 is 62.3. The van der Waals surface area contributed by atoms with Gasteiger partial charge < -0.3 is 10.0 Å². The Kier molecular flexibility index (Phi) is 5.37. The van der Waals surface area contributed by atoms with Gasteiger partial charge in [-0.1, -0.05) is 0 Å². The largest absolute Gasteiger partial charge is 0.405 e. The summed E-state index contributed by atoms with van der Waals surface area (Å²) in [4.78, 5) is 0.884. The molecule has 0 spiro atoms. The average molecular weight is 312 g/mol. The van der Waals surface area contributed by atoms with E-state index in [9.17, 15) is 21.6 Å². The van der Waals surface area contributed by atoms with E-state index in [1.807, 2.05) is 0 Å². The molecular weight excluding hydrogens is 297 g/mol. The van der Waals surface area contributed by atoms with Crippen molar-refractivity contribution in [2.75, 3.05) is 31.6 Å². The van der Waals surface area contributed by atoms with E-state index in [4.69, 9.17) is 5.11 Å². The zero-order chi connectivity index (χ0) is 15.4. The van der Waals surface area contributed by atoms with Crippen molar-refractivity contribution >= 4 is 15.7 Å². The number of halogens is 3. The van der Waals surface area contributed by atoms with Gasteiger partial charge in [0.2, 0.25) is 10.0 Å². The van der Waals surface area contributed by atoms with Crippen LogP contribution in [0.2, 0.25) is 0 Å². The summed E-state index contributed by atoms with van der Waals surface area (Å²) in [6.07, 6.45) is -4.41. The summed E-state index contributed by atoms with van der Waals surface area (Å²) in [5, 5.41) is 8.80. The molecule has 1 aromatic rings. The van der Waals surface area contributed by atoms with Gasteiger partial charge in [0.1, 0.15) is 6.54 Å². The first-order valence-electron chi connectivity index (χ1n) is 5.66. The summed E-state index contributed by atoms with van der Waals surface area (Å²) in [6.45, 7) is -1.85. The summed E-state index contributed by atoms with van der Waals surface area (Å²) in [5.74, 6) is 0. The summed E-state index contributed by atoms with van der Waals surface area (Å²) in [7, 11) is -2.39. The molecule has 0 bridgehead atoms. The van der Waals surface area contributed by atoms with Crippen molar-refractivity contribution in [1.82, 2.24) is 4.72 Å². The summed E-state index contributed by atoms with van der Waals surface area (Å²) >= 11 is 0. The number of aliphatic hydroxyl groups is 1. The minimum Gasteiger partial charge on any atom is -0.395 e. The minimum atomic E-state index is -4.41. The van der Waals surface area contributed by atoms with Gasteiger partial charge in [-0.05, 0) is 31.3 Å². The molecule has 2 N–H and O–H groups in total. The molecule has 0 saturated carbocycles. The highest BCUT2D eigenvalue weighted by atomic mass is 32.2. The molecule has 0 aliphatic rings. The van der Waals surface area contributed by atoms with Crippen molar-refractivity contribution < 1.29 is 26.7 Å². The van der Waals surface area contributed by atoms with Crippen LogP contribution in [-0.4, -0.2) is 46.4 Å². The van der Waals surface area contributed by atoms with Crippen molar-refractivity contribution in [2.24, 2.45) is 0 Å². The first-order chi connectivity index (χ1) is 9.19. The maximum absolute atomic E-state index is 12.4. The molecule has 0 aliphatic carbocycles. The highest BCUT2D eigenvalue weighted by molar-refractivity contribution is 7.89. The molecular formula is C11H15F3N2O3S. The third-order valence-electron chi connectivity index (χ3n) is 2.52. The van der Waals surface area contributed by atoms with Crippen molar-refractivity contribution in [2.45, 2.75) is 11.1 Å². The molecule has 1 rings (SSSR count). The van der Waals surface area contributed by atoms with Crippen LogP contribution in [-0.2, 0) is 10.0 Å². The Balaban J connectivity index is 2.99. The molecule has 9 heteroatoms. The topological polar surface area (TPSA) is 69.6 Å². The fourth-order valence-corrected chi connectivity index (χ4v) is 2.32. The highest BCUT2D eigenvalue weighted by Crippen LogP contribution is 2.23. The molecule has 0 unspecified atom stereocenters. The van der Waals surface area contributed by atoms with Crippen LogP contribution in [0.15, 0.2) is 29.2 Å². The first kappa shape index (κ1) is 16.7. The lowest BCUT2D eigenvalue weighted by molar-refractivity contribution is -0.119. The number of hydrogen-bond acceptors (Lipinski definition) is 4. The quantitative estimate of drug-likeness (QED) is 0.821. The van der Waals surface area contributed by atoms with Gasteiger partial charge in [-0.25, -0.2) is 13.1 Å². The van der Waals surface area contributed by atoms with Crippen LogP contribution in [0.25, 0.3) is 0 Å². The van der Waals surface area contributed by atoms with Crippen LogP contribution >= 0.6 is 0 Å². The van der Waals surface area contributed by atoms with E-state index in [2.05, 4.69) is 4.72 Å². The SMILES string of the molecule is CNS(=O)(=O)c1ccc(N(CCO)CC(F)(F)F)cc1. The van der Waals surface area contributed by atoms with Crippen LogP contribution < -0.4 is 9.62 Å². The van der Waals surface area contributed by atoms with E-state index in [1.165, 1.54) is 31.3 Å². The van der Waals surface area contributed by atoms with Crippen LogP contribution in [0.1, 0.15) is 0 Å². The lowest BCUT2D eigenvalue weighted by Crippen LogP contribution is -2.36. The standard InChI is InChI=1S/C11H15F3N2O3S/c1-15-20(18,19)10-4-2-9(3-5-10)16(6-7-17)8-11(12,13)14/h2-5,15,17H,6-8H2,1H3. The maximum Gasteiger partial charge on any atom is 0.405 e. The molecule has 5 nitrogen and oxygen atoms in total. The number of sulfonamides is 1. The van der Waals surface area contributed by atoms with Crippen molar-refractivity contribution in [3.63, 3.8) is 0 Å². The van der Waals surface area contributed by atoms with Gasteiger partial charge in [0.05, 0.1) is 11.5 Å². The Labute approximate surface area is 115 Å². The third-order valence-corrected chi connectivity index (χ3v) is 3.95. The monoisotopic (exact) mass is 312 g/mol. The zero-order valence-corrected chi connectivity index (χ0v) is 11.5. The lowest BCUT2D eigenvalue weighted by atomic mass is 10.3.